The summed E-state index contributed by atoms with van der Waals surface area (Å²) >= 11 is 0. The number of carbonyl (C=O) groups excluding carboxylic acids is 1. The van der Waals surface area contributed by atoms with E-state index in [1.807, 2.05) is 0 Å². The van der Waals surface area contributed by atoms with Gasteiger partial charge in [0.25, 0.3) is 0 Å². The Bertz CT molecular complexity index is 131. The highest BCUT2D eigenvalue weighted by Gasteiger charge is 2.23. The first-order valence-electron chi connectivity index (χ1n) is 3.91. The minimum absolute atomic E-state index is 0.0226. The van der Waals surface area contributed by atoms with E-state index >= 15 is 0 Å². The molecule has 0 spiro atoms. The molecule has 2 unspecified atom stereocenters. The minimum Gasteiger partial charge on any atom is -0.462 e. The normalized spacial score (nSPS) is 33.6. The van der Waals surface area contributed by atoms with Gasteiger partial charge in [-0.2, -0.15) is 0 Å². The van der Waals surface area contributed by atoms with Crippen LogP contribution in [0.25, 0.3) is 0 Å². The molecule has 10 heavy (non-hydrogen) atoms. The van der Waals surface area contributed by atoms with Crippen LogP contribution in [0.5, 0.6) is 0 Å². The average molecular weight is 142 g/mol. The van der Waals surface area contributed by atoms with E-state index in [0.717, 1.165) is 12.8 Å². The monoisotopic (exact) mass is 142 g/mol. The second kappa shape index (κ2) is 3.04. The van der Waals surface area contributed by atoms with Gasteiger partial charge in [0.15, 0.2) is 0 Å². The van der Waals surface area contributed by atoms with Crippen molar-refractivity contribution in [1.82, 2.24) is 0 Å². The second-order valence-electron chi connectivity index (χ2n) is 3.07. The molecule has 1 aliphatic rings. The van der Waals surface area contributed by atoms with E-state index in [4.69, 9.17) is 4.74 Å². The van der Waals surface area contributed by atoms with Crippen molar-refractivity contribution in [3.05, 3.63) is 0 Å². The summed E-state index contributed by atoms with van der Waals surface area (Å²) in [6.45, 7) is 4.15. The van der Waals surface area contributed by atoms with Crippen LogP contribution in [0, 0.1) is 5.92 Å². The molecule has 1 rings (SSSR count). The summed E-state index contributed by atoms with van der Waals surface area (Å²) in [6, 6.07) is 0. The molecule has 0 amide bonds. The lowest BCUT2D eigenvalue weighted by atomic mass is 9.96. The molecule has 0 aromatic carbocycles. The number of ether oxygens (including phenoxy) is 1. The molecule has 0 aromatic rings. The van der Waals surface area contributed by atoms with E-state index in [1.165, 1.54) is 0 Å². The number of esters is 1. The molecule has 2 heteroatoms. The van der Waals surface area contributed by atoms with Crippen molar-refractivity contribution in [3.63, 3.8) is 0 Å². The maximum atomic E-state index is 10.8. The van der Waals surface area contributed by atoms with Crippen LogP contribution in [0.15, 0.2) is 0 Å². The zero-order valence-electron chi connectivity index (χ0n) is 6.59. The molecule has 58 valence electrons. The molecule has 0 aliphatic carbocycles. The molecule has 0 aromatic heterocycles. The molecule has 2 atom stereocenters. The fourth-order valence-corrected chi connectivity index (χ4v) is 1.35. The molecule has 0 N–H and O–H groups in total. The lowest BCUT2D eigenvalue weighted by Gasteiger charge is -2.25. The van der Waals surface area contributed by atoms with Gasteiger partial charge in [0, 0.05) is 6.42 Å². The van der Waals surface area contributed by atoms with Crippen LogP contribution in [0.1, 0.15) is 33.1 Å². The summed E-state index contributed by atoms with van der Waals surface area (Å²) in [5.74, 6) is 0.497. The lowest BCUT2D eigenvalue weighted by Crippen LogP contribution is -2.27. The predicted octanol–water partition coefficient (Wildman–Crippen LogP) is 1.74. The van der Waals surface area contributed by atoms with Crippen LogP contribution in [0.3, 0.4) is 0 Å². The number of rotatable bonds is 1. The van der Waals surface area contributed by atoms with Gasteiger partial charge in [-0.25, -0.2) is 0 Å². The summed E-state index contributed by atoms with van der Waals surface area (Å²) in [5, 5.41) is 0. The average Bonchev–Trinajstić information content (AvgIpc) is 1.85. The van der Waals surface area contributed by atoms with Gasteiger partial charge < -0.3 is 4.74 Å². The first-order valence-corrected chi connectivity index (χ1v) is 3.91. The smallest absolute Gasteiger partial charge is 0.306 e. The van der Waals surface area contributed by atoms with E-state index in [9.17, 15) is 4.79 Å². The van der Waals surface area contributed by atoms with Crippen molar-refractivity contribution in [2.45, 2.75) is 39.2 Å². The predicted molar refractivity (Wildman–Crippen MR) is 38.6 cm³/mol. The summed E-state index contributed by atoms with van der Waals surface area (Å²) in [7, 11) is 0. The molecular formula is C8H14O2. The standard InChI is InChI=1S/C8H14O2/c1-3-7-4-6(2)5-8(9)10-7/h6-7H,3-5H2,1-2H3. The van der Waals surface area contributed by atoms with Crippen molar-refractivity contribution < 1.29 is 9.53 Å². The topological polar surface area (TPSA) is 26.3 Å². The van der Waals surface area contributed by atoms with Crippen LogP contribution in [0.2, 0.25) is 0 Å². The first-order chi connectivity index (χ1) is 4.72. The van der Waals surface area contributed by atoms with Crippen LogP contribution in [-0.4, -0.2) is 12.1 Å². The van der Waals surface area contributed by atoms with Crippen LogP contribution in [-0.2, 0) is 9.53 Å². The molecule has 0 saturated carbocycles. The number of cyclic esters (lactones) is 1. The Morgan fingerprint density at radius 2 is 2.40 bits per heavy atom. The number of hydrogen-bond donors (Lipinski definition) is 0. The van der Waals surface area contributed by atoms with Gasteiger partial charge in [-0.3, -0.25) is 4.79 Å². The first kappa shape index (κ1) is 7.58. The third kappa shape index (κ3) is 1.72. The van der Waals surface area contributed by atoms with E-state index < -0.39 is 0 Å². The maximum absolute atomic E-state index is 10.8. The lowest BCUT2D eigenvalue weighted by molar-refractivity contribution is -0.156. The third-order valence-electron chi connectivity index (χ3n) is 1.93. The van der Waals surface area contributed by atoms with Crippen LogP contribution < -0.4 is 0 Å². The molecule has 1 heterocycles. The zero-order valence-corrected chi connectivity index (χ0v) is 6.59. The molecule has 1 aliphatic heterocycles. The van der Waals surface area contributed by atoms with Gasteiger partial charge in [-0.1, -0.05) is 13.8 Å². The molecule has 0 radical (unpaired) electrons. The Labute approximate surface area is 61.6 Å². The van der Waals surface area contributed by atoms with Crippen molar-refractivity contribution >= 4 is 5.97 Å². The largest absolute Gasteiger partial charge is 0.462 e. The highest BCUT2D eigenvalue weighted by Crippen LogP contribution is 2.21. The van der Waals surface area contributed by atoms with Gasteiger partial charge in [-0.05, 0) is 18.8 Å². The Hall–Kier alpha value is -0.530. The van der Waals surface area contributed by atoms with Crippen molar-refractivity contribution in [2.75, 3.05) is 0 Å². The quantitative estimate of drug-likeness (QED) is 0.521. The molecule has 1 fully saturated rings. The van der Waals surface area contributed by atoms with Crippen LogP contribution >= 0.6 is 0 Å². The van der Waals surface area contributed by atoms with Gasteiger partial charge >= 0.3 is 5.97 Å². The molecular weight excluding hydrogens is 128 g/mol. The van der Waals surface area contributed by atoms with E-state index in [2.05, 4.69) is 13.8 Å². The number of hydrogen-bond acceptors (Lipinski definition) is 2. The number of carbonyl (C=O) groups is 1. The highest BCUT2D eigenvalue weighted by atomic mass is 16.5. The fourth-order valence-electron chi connectivity index (χ4n) is 1.35. The summed E-state index contributed by atoms with van der Waals surface area (Å²) in [5.41, 5.74) is 0. The van der Waals surface area contributed by atoms with E-state index in [0.29, 0.717) is 12.3 Å². The second-order valence-corrected chi connectivity index (χ2v) is 3.07. The summed E-state index contributed by atoms with van der Waals surface area (Å²) < 4.78 is 5.07. The van der Waals surface area contributed by atoms with Gasteiger partial charge in [0.1, 0.15) is 6.10 Å². The third-order valence-corrected chi connectivity index (χ3v) is 1.93. The van der Waals surface area contributed by atoms with Crippen molar-refractivity contribution in [2.24, 2.45) is 5.92 Å². The van der Waals surface area contributed by atoms with E-state index in [1.54, 1.807) is 0 Å². The molecule has 1 saturated heterocycles. The van der Waals surface area contributed by atoms with Gasteiger partial charge in [0.2, 0.25) is 0 Å². The Morgan fingerprint density at radius 1 is 1.70 bits per heavy atom. The van der Waals surface area contributed by atoms with Crippen molar-refractivity contribution in [3.8, 4) is 0 Å². The maximum Gasteiger partial charge on any atom is 0.306 e. The van der Waals surface area contributed by atoms with Gasteiger partial charge in [0.05, 0.1) is 0 Å². The van der Waals surface area contributed by atoms with Crippen LogP contribution in [0.4, 0.5) is 0 Å². The summed E-state index contributed by atoms with van der Waals surface area (Å²) in [4.78, 5) is 10.8. The van der Waals surface area contributed by atoms with E-state index in [-0.39, 0.29) is 12.1 Å². The SMILES string of the molecule is CCC1CC(C)CC(=O)O1. The highest BCUT2D eigenvalue weighted by molar-refractivity contribution is 5.70. The van der Waals surface area contributed by atoms with Crippen molar-refractivity contribution in [1.29, 1.82) is 0 Å². The Kier molecular flexibility index (Phi) is 2.30. The molecule has 0 bridgehead atoms. The van der Waals surface area contributed by atoms with Gasteiger partial charge in [-0.15, -0.1) is 0 Å². The Morgan fingerprint density at radius 3 is 2.90 bits per heavy atom. The molecule has 2 nitrogen and oxygen atoms in total. The minimum atomic E-state index is -0.0226. The fraction of sp³-hybridized carbons (Fsp3) is 0.875. The summed E-state index contributed by atoms with van der Waals surface area (Å²) in [6.07, 6.45) is 2.80. The zero-order chi connectivity index (χ0) is 7.56. The Balaban J connectivity index is 2.42.